The first kappa shape index (κ1) is 15.6. The number of anilines is 2. The number of carbonyl (C=O) groups excluding carboxylic acids is 1. The van der Waals surface area contributed by atoms with Crippen molar-refractivity contribution in [3.8, 4) is 0 Å². The van der Waals surface area contributed by atoms with E-state index in [0.29, 0.717) is 29.6 Å². The maximum absolute atomic E-state index is 12.1. The van der Waals surface area contributed by atoms with Crippen molar-refractivity contribution in [3.63, 3.8) is 0 Å². The van der Waals surface area contributed by atoms with Crippen LogP contribution in [0.15, 0.2) is 24.4 Å². The molecular weight excluding hydrogens is 320 g/mol. The number of H-pyrrole nitrogens is 1. The predicted molar refractivity (Wildman–Crippen MR) is 86.7 cm³/mol. The largest absolute Gasteiger partial charge is 0.378 e. The van der Waals surface area contributed by atoms with Gasteiger partial charge in [0.2, 0.25) is 0 Å². The summed E-state index contributed by atoms with van der Waals surface area (Å²) in [7, 11) is 0. The lowest BCUT2D eigenvalue weighted by molar-refractivity contribution is 0.123. The topological polar surface area (TPSA) is 95.2 Å². The number of urea groups is 1. The number of para-hydroxylation sites is 1. The van der Waals surface area contributed by atoms with E-state index in [9.17, 15) is 4.79 Å². The Kier molecular flexibility index (Phi) is 4.94. The van der Waals surface area contributed by atoms with Gasteiger partial charge in [0, 0.05) is 13.1 Å². The summed E-state index contributed by atoms with van der Waals surface area (Å²) in [6, 6.07) is 5.11. The molecule has 2 amide bonds. The van der Waals surface area contributed by atoms with E-state index in [1.54, 1.807) is 12.3 Å². The zero-order valence-corrected chi connectivity index (χ0v) is 13.1. The van der Waals surface area contributed by atoms with E-state index >= 15 is 0 Å². The quantitative estimate of drug-likeness (QED) is 0.788. The van der Waals surface area contributed by atoms with Gasteiger partial charge in [-0.25, -0.2) is 4.79 Å². The first-order valence-corrected chi connectivity index (χ1v) is 7.62. The van der Waals surface area contributed by atoms with E-state index in [1.165, 1.54) is 0 Å². The molecule has 1 saturated heterocycles. The Bertz CT molecular complexity index is 657. The van der Waals surface area contributed by atoms with Gasteiger partial charge < -0.3 is 20.3 Å². The number of hydrogen-bond acceptors (Lipinski definition) is 5. The van der Waals surface area contributed by atoms with Gasteiger partial charge in [-0.3, -0.25) is 0 Å². The SMILES string of the molecule is O=C(NCc1cn[nH]n1)Nc1cccc(Cl)c1N1CCOCC1. The summed E-state index contributed by atoms with van der Waals surface area (Å²) in [6.45, 7) is 3.04. The second-order valence-corrected chi connectivity index (χ2v) is 5.41. The highest BCUT2D eigenvalue weighted by atomic mass is 35.5. The van der Waals surface area contributed by atoms with E-state index in [1.807, 2.05) is 12.1 Å². The predicted octanol–water partition coefficient (Wildman–Crippen LogP) is 1.62. The molecule has 2 aromatic rings. The molecule has 0 unspecified atom stereocenters. The fourth-order valence-corrected chi connectivity index (χ4v) is 2.67. The standard InChI is InChI=1S/C14H17ClN6O2/c15-11-2-1-3-12(13(11)21-4-6-23-7-5-21)18-14(22)16-8-10-9-17-20-19-10/h1-3,9H,4-8H2,(H2,16,18,22)(H,17,19,20). The highest BCUT2D eigenvalue weighted by molar-refractivity contribution is 6.34. The summed E-state index contributed by atoms with van der Waals surface area (Å²) < 4.78 is 5.36. The number of hydrogen-bond donors (Lipinski definition) is 3. The highest BCUT2D eigenvalue weighted by Crippen LogP contribution is 2.34. The smallest absolute Gasteiger partial charge is 0.319 e. The summed E-state index contributed by atoms with van der Waals surface area (Å²) >= 11 is 6.33. The average Bonchev–Trinajstić information content (AvgIpc) is 3.07. The Morgan fingerprint density at radius 3 is 2.96 bits per heavy atom. The van der Waals surface area contributed by atoms with Crippen molar-refractivity contribution in [1.82, 2.24) is 20.7 Å². The minimum atomic E-state index is -0.329. The summed E-state index contributed by atoms with van der Waals surface area (Å²) in [5.41, 5.74) is 2.13. The van der Waals surface area contributed by atoms with Gasteiger partial charge in [0.1, 0.15) is 5.69 Å². The van der Waals surface area contributed by atoms with E-state index in [-0.39, 0.29) is 12.6 Å². The van der Waals surface area contributed by atoms with Crippen LogP contribution in [0.25, 0.3) is 0 Å². The lowest BCUT2D eigenvalue weighted by Gasteiger charge is -2.31. The molecule has 8 nitrogen and oxygen atoms in total. The van der Waals surface area contributed by atoms with Crippen molar-refractivity contribution >= 4 is 29.0 Å². The van der Waals surface area contributed by atoms with Crippen LogP contribution in [0.4, 0.5) is 16.2 Å². The molecule has 0 radical (unpaired) electrons. The number of aromatic amines is 1. The van der Waals surface area contributed by atoms with Crippen LogP contribution in [-0.4, -0.2) is 47.7 Å². The first-order chi connectivity index (χ1) is 11.2. The molecule has 3 N–H and O–H groups in total. The average molecular weight is 337 g/mol. The third-order valence-electron chi connectivity index (χ3n) is 3.46. The Morgan fingerprint density at radius 1 is 1.39 bits per heavy atom. The van der Waals surface area contributed by atoms with Crippen molar-refractivity contribution in [2.24, 2.45) is 0 Å². The summed E-state index contributed by atoms with van der Waals surface area (Å²) in [4.78, 5) is 14.2. The molecule has 122 valence electrons. The van der Waals surface area contributed by atoms with Crippen molar-refractivity contribution in [2.75, 3.05) is 36.5 Å². The van der Waals surface area contributed by atoms with Crippen molar-refractivity contribution < 1.29 is 9.53 Å². The van der Waals surface area contributed by atoms with Gasteiger partial charge in [-0.15, -0.1) is 0 Å². The molecule has 1 fully saturated rings. The number of halogens is 1. The van der Waals surface area contributed by atoms with E-state index in [2.05, 4.69) is 30.9 Å². The van der Waals surface area contributed by atoms with Gasteiger partial charge in [0.15, 0.2) is 0 Å². The third kappa shape index (κ3) is 3.91. The van der Waals surface area contributed by atoms with Crippen LogP contribution in [-0.2, 0) is 11.3 Å². The van der Waals surface area contributed by atoms with Crippen molar-refractivity contribution in [2.45, 2.75) is 6.54 Å². The van der Waals surface area contributed by atoms with Gasteiger partial charge >= 0.3 is 6.03 Å². The lowest BCUT2D eigenvalue weighted by atomic mass is 10.2. The number of ether oxygens (including phenoxy) is 1. The normalized spacial score (nSPS) is 14.6. The number of morpholine rings is 1. The number of amides is 2. The molecule has 1 aliphatic heterocycles. The number of rotatable bonds is 4. The van der Waals surface area contributed by atoms with Gasteiger partial charge in [-0.2, -0.15) is 15.4 Å². The summed E-state index contributed by atoms with van der Waals surface area (Å²) in [5.74, 6) is 0. The van der Waals surface area contributed by atoms with Gasteiger partial charge in [0.05, 0.1) is 42.4 Å². The lowest BCUT2D eigenvalue weighted by Crippen LogP contribution is -2.37. The Morgan fingerprint density at radius 2 is 2.22 bits per heavy atom. The van der Waals surface area contributed by atoms with Crippen LogP contribution in [0, 0.1) is 0 Å². The molecule has 2 heterocycles. The van der Waals surface area contributed by atoms with E-state index < -0.39 is 0 Å². The number of carbonyl (C=O) groups is 1. The molecular formula is C14H17ClN6O2. The van der Waals surface area contributed by atoms with Crippen LogP contribution < -0.4 is 15.5 Å². The molecule has 9 heteroatoms. The molecule has 3 rings (SSSR count). The summed E-state index contributed by atoms with van der Waals surface area (Å²) in [6.07, 6.45) is 1.55. The number of nitrogens with zero attached hydrogens (tertiary/aromatic N) is 3. The third-order valence-corrected chi connectivity index (χ3v) is 3.76. The zero-order chi connectivity index (χ0) is 16.1. The number of nitrogens with one attached hydrogen (secondary N) is 3. The Balaban J connectivity index is 1.69. The minimum Gasteiger partial charge on any atom is -0.378 e. The minimum absolute atomic E-state index is 0.287. The Labute approximate surface area is 138 Å². The molecule has 1 aromatic heterocycles. The van der Waals surface area contributed by atoms with Crippen molar-refractivity contribution in [1.29, 1.82) is 0 Å². The molecule has 0 saturated carbocycles. The number of benzene rings is 1. The van der Waals surface area contributed by atoms with Gasteiger partial charge in [-0.05, 0) is 12.1 Å². The van der Waals surface area contributed by atoms with Crippen LogP contribution >= 0.6 is 11.6 Å². The fraction of sp³-hybridized carbons (Fsp3) is 0.357. The molecule has 23 heavy (non-hydrogen) atoms. The van der Waals surface area contributed by atoms with E-state index in [4.69, 9.17) is 16.3 Å². The van der Waals surface area contributed by atoms with Crippen LogP contribution in [0.3, 0.4) is 0 Å². The molecule has 1 aromatic carbocycles. The maximum atomic E-state index is 12.1. The molecule has 0 aliphatic carbocycles. The molecule has 0 spiro atoms. The van der Waals surface area contributed by atoms with Gasteiger partial charge in [0.25, 0.3) is 0 Å². The first-order valence-electron chi connectivity index (χ1n) is 7.25. The molecule has 0 atom stereocenters. The fourth-order valence-electron chi connectivity index (χ4n) is 2.37. The second-order valence-electron chi connectivity index (χ2n) is 5.00. The van der Waals surface area contributed by atoms with Crippen molar-refractivity contribution in [3.05, 3.63) is 35.1 Å². The number of aromatic nitrogens is 3. The highest BCUT2D eigenvalue weighted by Gasteiger charge is 2.19. The second kappa shape index (κ2) is 7.30. The maximum Gasteiger partial charge on any atom is 0.319 e. The van der Waals surface area contributed by atoms with Crippen LogP contribution in [0.1, 0.15) is 5.69 Å². The molecule has 1 aliphatic rings. The van der Waals surface area contributed by atoms with Gasteiger partial charge in [-0.1, -0.05) is 17.7 Å². The molecule has 0 bridgehead atoms. The zero-order valence-electron chi connectivity index (χ0n) is 12.4. The van der Waals surface area contributed by atoms with E-state index in [0.717, 1.165) is 18.8 Å². The monoisotopic (exact) mass is 336 g/mol. The Hall–Kier alpha value is -2.32. The van der Waals surface area contributed by atoms with Crippen LogP contribution in [0.2, 0.25) is 5.02 Å². The van der Waals surface area contributed by atoms with Crippen LogP contribution in [0.5, 0.6) is 0 Å². The summed E-state index contributed by atoms with van der Waals surface area (Å²) in [5, 5.41) is 16.2.